The molecular formula is C17H18N2OS. The van der Waals surface area contributed by atoms with Gasteiger partial charge in [0.25, 0.3) is 0 Å². The maximum absolute atomic E-state index is 12.4. The number of nitrogens with zero attached hydrogens (tertiary/aromatic N) is 1. The van der Waals surface area contributed by atoms with Gasteiger partial charge in [-0.1, -0.05) is 42.5 Å². The van der Waals surface area contributed by atoms with Crippen LogP contribution in [-0.2, 0) is 5.75 Å². The van der Waals surface area contributed by atoms with Gasteiger partial charge in [-0.3, -0.25) is 0 Å². The molecule has 0 aliphatic carbocycles. The van der Waals surface area contributed by atoms with Crippen LogP contribution in [-0.4, -0.2) is 11.9 Å². The summed E-state index contributed by atoms with van der Waals surface area (Å²) in [6.07, 6.45) is -0.242. The average Bonchev–Trinajstić information content (AvgIpc) is 2.53. The van der Waals surface area contributed by atoms with Gasteiger partial charge in [0, 0.05) is 12.7 Å². The lowest BCUT2D eigenvalue weighted by atomic mass is 10.2. The van der Waals surface area contributed by atoms with E-state index in [2.05, 4.69) is 17.1 Å². The molecule has 0 radical (unpaired) electrons. The Labute approximate surface area is 128 Å². The highest BCUT2D eigenvalue weighted by Crippen LogP contribution is 2.12. The molecule has 21 heavy (non-hydrogen) atoms. The largest absolute Gasteiger partial charge is 0.627 e. The van der Waals surface area contributed by atoms with Crippen molar-refractivity contribution in [2.24, 2.45) is 4.99 Å². The summed E-state index contributed by atoms with van der Waals surface area (Å²) in [5, 5.41) is 14.5. The Balaban J connectivity index is 1.71. The summed E-state index contributed by atoms with van der Waals surface area (Å²) in [6.45, 7) is 1.91. The van der Waals surface area contributed by atoms with Crippen LogP contribution in [0.25, 0.3) is 5.70 Å². The van der Waals surface area contributed by atoms with Crippen molar-refractivity contribution in [1.29, 1.82) is 0 Å². The number of hydrogen-bond donors (Lipinski definition) is 1. The third-order valence-corrected chi connectivity index (χ3v) is 4.75. The molecule has 2 aromatic rings. The number of benzene rings is 2. The van der Waals surface area contributed by atoms with Crippen molar-refractivity contribution in [1.82, 2.24) is 0 Å². The van der Waals surface area contributed by atoms with Crippen LogP contribution in [0.3, 0.4) is 0 Å². The van der Waals surface area contributed by atoms with Crippen LogP contribution in [0.5, 0.6) is 0 Å². The van der Waals surface area contributed by atoms with Crippen molar-refractivity contribution in [3.8, 4) is 0 Å². The smallest absolute Gasteiger partial charge is 0.194 e. The van der Waals surface area contributed by atoms with E-state index < -0.39 is 0 Å². The molecule has 1 heterocycles. The topological polar surface area (TPSA) is 39.9 Å². The minimum absolute atomic E-state index is 0.161. The molecule has 0 saturated heterocycles. The third kappa shape index (κ3) is 3.18. The van der Waals surface area contributed by atoms with Crippen LogP contribution in [0.15, 0.2) is 59.6 Å². The molecule has 0 amide bonds. The first kappa shape index (κ1) is 14.3. The second kappa shape index (κ2) is 6.43. The Morgan fingerprint density at radius 2 is 1.81 bits per heavy atom. The normalized spacial score (nSPS) is 20.8. The number of para-hydroxylation sites is 1. The standard InChI is InChI=1S/C17H18N2OS/c1-13-15-9-5-6-10-16(15)18-17(19(13)20)12-21-11-14-7-3-2-4-8-14/h2-10,17,19H,11-12H2,1H3. The van der Waals surface area contributed by atoms with Crippen molar-refractivity contribution in [2.75, 3.05) is 5.75 Å². The maximum Gasteiger partial charge on any atom is 0.194 e. The van der Waals surface area contributed by atoms with Crippen LogP contribution < -0.4 is 15.6 Å². The van der Waals surface area contributed by atoms with Crippen molar-refractivity contribution < 1.29 is 5.06 Å². The molecule has 1 N–H and O–H groups in total. The van der Waals surface area contributed by atoms with Crippen LogP contribution >= 0.6 is 11.8 Å². The molecule has 0 aromatic heterocycles. The first-order valence-electron chi connectivity index (χ1n) is 7.05. The third-order valence-electron chi connectivity index (χ3n) is 3.66. The molecule has 1 aliphatic heterocycles. The second-order valence-electron chi connectivity index (χ2n) is 5.15. The molecule has 0 saturated carbocycles. The molecule has 0 bridgehead atoms. The number of fused-ring (bicyclic) bond motifs is 1. The number of hydrogen-bond acceptors (Lipinski definition) is 3. The van der Waals surface area contributed by atoms with Gasteiger partial charge >= 0.3 is 0 Å². The monoisotopic (exact) mass is 298 g/mol. The molecular weight excluding hydrogens is 280 g/mol. The molecule has 108 valence electrons. The summed E-state index contributed by atoms with van der Waals surface area (Å²) in [5.41, 5.74) is 2.12. The quantitative estimate of drug-likeness (QED) is 0.858. The molecule has 3 rings (SSSR count). The second-order valence-corrected chi connectivity index (χ2v) is 6.18. The molecule has 4 heteroatoms. The summed E-state index contributed by atoms with van der Waals surface area (Å²) in [4.78, 5) is 4.62. The highest BCUT2D eigenvalue weighted by Gasteiger charge is 2.20. The number of thioether (sulfide) groups is 1. The highest BCUT2D eigenvalue weighted by molar-refractivity contribution is 7.98. The lowest BCUT2D eigenvalue weighted by Crippen LogP contribution is -3.10. The average molecular weight is 298 g/mol. The van der Waals surface area contributed by atoms with Crippen LogP contribution in [0.2, 0.25) is 0 Å². The minimum atomic E-state index is -0.242. The lowest BCUT2D eigenvalue weighted by Gasteiger charge is -2.31. The Bertz CT molecular complexity index is 730. The van der Waals surface area contributed by atoms with E-state index in [4.69, 9.17) is 0 Å². The SMILES string of the molecule is CC1=c2ccccc2=NC(CSCc2ccccc2)[NH+]1[O-]. The van der Waals surface area contributed by atoms with Crippen LogP contribution in [0, 0.1) is 5.21 Å². The van der Waals surface area contributed by atoms with E-state index in [1.807, 2.05) is 49.4 Å². The van der Waals surface area contributed by atoms with E-state index in [1.54, 1.807) is 11.8 Å². The van der Waals surface area contributed by atoms with Gasteiger partial charge in [-0.15, -0.1) is 11.8 Å². The van der Waals surface area contributed by atoms with E-state index in [1.165, 1.54) is 5.56 Å². The van der Waals surface area contributed by atoms with E-state index in [-0.39, 0.29) is 11.2 Å². The first-order valence-corrected chi connectivity index (χ1v) is 8.21. The zero-order chi connectivity index (χ0) is 14.7. The first-order chi connectivity index (χ1) is 10.3. The fourth-order valence-corrected chi connectivity index (χ4v) is 3.48. The zero-order valence-corrected chi connectivity index (χ0v) is 12.8. The molecule has 2 unspecified atom stereocenters. The van der Waals surface area contributed by atoms with Gasteiger partial charge in [0.05, 0.1) is 16.3 Å². The number of quaternary nitrogens is 1. The van der Waals surface area contributed by atoms with Gasteiger partial charge in [0.1, 0.15) is 5.70 Å². The lowest BCUT2D eigenvalue weighted by molar-refractivity contribution is -0.798. The summed E-state index contributed by atoms with van der Waals surface area (Å²) in [5.74, 6) is 1.65. The van der Waals surface area contributed by atoms with Crippen molar-refractivity contribution >= 4 is 17.5 Å². The summed E-state index contributed by atoms with van der Waals surface area (Å²) in [6, 6.07) is 18.2. The van der Waals surface area contributed by atoms with Gasteiger partial charge in [-0.2, -0.15) is 0 Å². The zero-order valence-electron chi connectivity index (χ0n) is 12.0. The summed E-state index contributed by atoms with van der Waals surface area (Å²) in [7, 11) is 0. The Morgan fingerprint density at radius 3 is 2.62 bits per heavy atom. The predicted octanol–water partition coefficient (Wildman–Crippen LogP) is 1.09. The fraction of sp³-hybridized carbons (Fsp3) is 0.235. The van der Waals surface area contributed by atoms with Gasteiger partial charge in [-0.05, 0) is 17.7 Å². The minimum Gasteiger partial charge on any atom is -0.627 e. The number of rotatable bonds is 4. The van der Waals surface area contributed by atoms with Gasteiger partial charge in [0.2, 0.25) is 0 Å². The van der Waals surface area contributed by atoms with Crippen LogP contribution in [0.4, 0.5) is 0 Å². The van der Waals surface area contributed by atoms with E-state index in [0.717, 1.165) is 27.8 Å². The predicted molar refractivity (Wildman–Crippen MR) is 87.0 cm³/mol. The van der Waals surface area contributed by atoms with Gasteiger partial charge in [0.15, 0.2) is 6.17 Å². The highest BCUT2D eigenvalue weighted by atomic mass is 32.2. The molecule has 1 aliphatic rings. The Hall–Kier alpha value is -1.62. The van der Waals surface area contributed by atoms with Gasteiger partial charge < -0.3 is 10.3 Å². The molecule has 2 aromatic carbocycles. The maximum atomic E-state index is 12.4. The van der Waals surface area contributed by atoms with E-state index in [9.17, 15) is 5.21 Å². The van der Waals surface area contributed by atoms with Crippen LogP contribution in [0.1, 0.15) is 12.5 Å². The van der Waals surface area contributed by atoms with Gasteiger partial charge in [-0.25, -0.2) is 4.99 Å². The molecule has 2 atom stereocenters. The van der Waals surface area contributed by atoms with Crippen molar-refractivity contribution in [3.05, 3.63) is 75.9 Å². The molecule has 0 fully saturated rings. The van der Waals surface area contributed by atoms with E-state index >= 15 is 0 Å². The summed E-state index contributed by atoms with van der Waals surface area (Å²) >= 11 is 1.77. The van der Waals surface area contributed by atoms with E-state index in [0.29, 0.717) is 0 Å². The Morgan fingerprint density at radius 1 is 1.10 bits per heavy atom. The molecule has 0 spiro atoms. The molecule has 3 nitrogen and oxygen atoms in total. The summed E-state index contributed by atoms with van der Waals surface area (Å²) < 4.78 is 0. The Kier molecular flexibility index (Phi) is 4.39. The number of nitrogens with one attached hydrogen (secondary N) is 1. The van der Waals surface area contributed by atoms with Crippen molar-refractivity contribution in [2.45, 2.75) is 18.8 Å². The van der Waals surface area contributed by atoms with Crippen molar-refractivity contribution in [3.63, 3.8) is 0 Å². The number of hydroxylamine groups is 2. The fourth-order valence-electron chi connectivity index (χ4n) is 2.49.